The molecule has 1 fully saturated rings. The summed E-state index contributed by atoms with van der Waals surface area (Å²) >= 11 is 6.27. The molecule has 12 heteroatoms. The van der Waals surface area contributed by atoms with E-state index in [1.165, 1.54) is 7.11 Å². The molecule has 0 aromatic heterocycles. The van der Waals surface area contributed by atoms with Gasteiger partial charge in [-0.3, -0.25) is 9.59 Å². The zero-order valence-electron chi connectivity index (χ0n) is 19.0. The van der Waals surface area contributed by atoms with Gasteiger partial charge in [0.25, 0.3) is 5.91 Å². The summed E-state index contributed by atoms with van der Waals surface area (Å²) in [5.41, 5.74) is 0.0391. The van der Waals surface area contributed by atoms with E-state index in [2.05, 4.69) is 15.2 Å². The van der Waals surface area contributed by atoms with Crippen molar-refractivity contribution in [3.05, 3.63) is 46.5 Å². The summed E-state index contributed by atoms with van der Waals surface area (Å²) in [6, 6.07) is 0.952. The number of halogens is 1. The molecule has 0 spiro atoms. The number of nitrogens with zero attached hydrogens (tertiary/aromatic N) is 1. The Morgan fingerprint density at radius 2 is 2.06 bits per heavy atom. The number of phenols is 2. The molecule has 2 aliphatic heterocycles. The highest BCUT2D eigenvalue weighted by atomic mass is 35.5. The van der Waals surface area contributed by atoms with Crippen molar-refractivity contribution in [2.45, 2.75) is 38.1 Å². The van der Waals surface area contributed by atoms with Crippen LogP contribution in [0.1, 0.15) is 29.3 Å². The molecule has 1 amide bonds. The second-order valence-corrected chi connectivity index (χ2v) is 8.18. The molecule has 1 aromatic carbocycles. The lowest BCUT2D eigenvalue weighted by Gasteiger charge is -2.17. The number of ether oxygens (including phenoxy) is 3. The maximum Gasteiger partial charge on any atom is 0.342 e. The summed E-state index contributed by atoms with van der Waals surface area (Å²) in [7, 11) is 1.19. The Labute approximate surface area is 205 Å². The Balaban J connectivity index is 1.88. The van der Waals surface area contributed by atoms with Crippen LogP contribution in [-0.2, 0) is 35.1 Å². The van der Waals surface area contributed by atoms with Crippen molar-refractivity contribution in [3.8, 4) is 11.5 Å². The van der Waals surface area contributed by atoms with Crippen LogP contribution in [0.15, 0.2) is 35.5 Å². The van der Waals surface area contributed by atoms with E-state index in [0.29, 0.717) is 6.42 Å². The Morgan fingerprint density at radius 3 is 2.80 bits per heavy atom. The molecule has 0 aliphatic carbocycles. The van der Waals surface area contributed by atoms with E-state index in [-0.39, 0.29) is 47.0 Å². The largest absolute Gasteiger partial charge is 0.507 e. The average molecular weight is 509 g/mol. The zero-order chi connectivity index (χ0) is 25.5. The second-order valence-electron chi connectivity index (χ2n) is 7.80. The fourth-order valence-electron chi connectivity index (χ4n) is 3.32. The molecule has 0 saturated carbocycles. The van der Waals surface area contributed by atoms with Gasteiger partial charge in [-0.15, -0.1) is 0 Å². The number of epoxide rings is 1. The summed E-state index contributed by atoms with van der Waals surface area (Å²) in [5.74, 6) is -3.03. The van der Waals surface area contributed by atoms with Gasteiger partial charge in [0.05, 0.1) is 23.9 Å². The number of fused-ring (bicyclic) bond motifs is 2. The van der Waals surface area contributed by atoms with Gasteiger partial charge in [0.1, 0.15) is 35.8 Å². The van der Waals surface area contributed by atoms with Crippen LogP contribution in [0.5, 0.6) is 11.5 Å². The van der Waals surface area contributed by atoms with Crippen molar-refractivity contribution in [2.75, 3.05) is 20.3 Å². The average Bonchev–Trinajstić information content (AvgIpc) is 3.54. The third-order valence-electron chi connectivity index (χ3n) is 5.11. The number of nitrogens with one attached hydrogen (secondary N) is 1. The van der Waals surface area contributed by atoms with Crippen molar-refractivity contribution in [3.63, 3.8) is 0 Å². The molecule has 35 heavy (non-hydrogen) atoms. The number of phenolic OH excluding ortho intramolecular Hbond substituents is 2. The van der Waals surface area contributed by atoms with Crippen LogP contribution in [0.25, 0.3) is 0 Å². The van der Waals surface area contributed by atoms with Crippen molar-refractivity contribution < 1.29 is 43.6 Å². The third kappa shape index (κ3) is 7.20. The van der Waals surface area contributed by atoms with Gasteiger partial charge in [0.2, 0.25) is 0 Å². The summed E-state index contributed by atoms with van der Waals surface area (Å²) in [6.07, 6.45) is 6.34. The molecule has 3 atom stereocenters. The maximum absolute atomic E-state index is 12.9. The number of cyclic esters (lactones) is 1. The normalized spacial score (nSPS) is 24.7. The van der Waals surface area contributed by atoms with E-state index in [1.807, 2.05) is 6.08 Å². The first-order valence-corrected chi connectivity index (χ1v) is 11.0. The zero-order valence-corrected chi connectivity index (χ0v) is 19.8. The molecule has 1 saturated heterocycles. The molecule has 2 aliphatic rings. The molecule has 3 rings (SSSR count). The van der Waals surface area contributed by atoms with E-state index in [1.54, 1.807) is 25.2 Å². The van der Waals surface area contributed by atoms with Gasteiger partial charge in [0.15, 0.2) is 6.61 Å². The number of benzene rings is 1. The monoisotopic (exact) mass is 508 g/mol. The first kappa shape index (κ1) is 26.0. The Kier molecular flexibility index (Phi) is 8.72. The first-order chi connectivity index (χ1) is 16.7. The molecular weight excluding hydrogens is 484 g/mol. The molecule has 0 bridgehead atoms. The lowest BCUT2D eigenvalue weighted by molar-refractivity contribution is -0.141. The number of rotatable bonds is 5. The highest BCUT2D eigenvalue weighted by molar-refractivity contribution is 6.33. The third-order valence-corrected chi connectivity index (χ3v) is 5.53. The molecule has 0 radical (unpaired) electrons. The number of amides is 1. The molecular formula is C23H25ClN2O9. The standard InChI is InChI=1S/C23H25ClN2O9/c1-12-7-18-17(35-18)6-4-3-5-13(26-33-11-19(29)25-10-20(30)32-2)8-14-21(23(31)34-12)15(27)9-16(28)22(14)24/h3-6,9,12,17-18,27-28H,7-8,10-11H2,1-2H3,(H,25,29)/b5-3+,6-4-,26-13+/t12-,17-,18-/m1/s1. The summed E-state index contributed by atoms with van der Waals surface area (Å²) in [6.45, 7) is 0.871. The first-order valence-electron chi connectivity index (χ1n) is 10.7. The van der Waals surface area contributed by atoms with Crippen LogP contribution in [0.3, 0.4) is 0 Å². The quantitative estimate of drug-likeness (QED) is 0.306. The van der Waals surface area contributed by atoms with Gasteiger partial charge >= 0.3 is 11.9 Å². The predicted molar refractivity (Wildman–Crippen MR) is 123 cm³/mol. The van der Waals surface area contributed by atoms with E-state index >= 15 is 0 Å². The Hall–Kier alpha value is -3.57. The van der Waals surface area contributed by atoms with Crippen molar-refractivity contribution in [1.82, 2.24) is 5.32 Å². The van der Waals surface area contributed by atoms with Crippen LogP contribution in [0, 0.1) is 0 Å². The topological polar surface area (TPSA) is 156 Å². The van der Waals surface area contributed by atoms with E-state index in [9.17, 15) is 24.6 Å². The smallest absolute Gasteiger partial charge is 0.342 e. The molecule has 1 aromatic rings. The van der Waals surface area contributed by atoms with E-state index in [0.717, 1.165) is 6.07 Å². The minimum Gasteiger partial charge on any atom is -0.507 e. The number of methoxy groups -OCH3 is 1. The fraction of sp³-hybridized carbons (Fsp3) is 0.391. The SMILES string of the molecule is COC(=O)CNC(=O)CO\N=C1/C=C/C=C\[C@H]2O[C@@H]2C[C@@H](C)OC(=O)c2c(O)cc(O)c(Cl)c2C1. The highest BCUT2D eigenvalue weighted by Crippen LogP contribution is 2.38. The number of hydrogen-bond donors (Lipinski definition) is 3. The van der Waals surface area contributed by atoms with Crippen molar-refractivity contribution >= 4 is 35.2 Å². The minimum atomic E-state index is -0.830. The maximum atomic E-state index is 12.9. The number of hydrogen-bond acceptors (Lipinski definition) is 10. The van der Waals surface area contributed by atoms with Gasteiger partial charge < -0.3 is 34.6 Å². The predicted octanol–water partition coefficient (Wildman–Crippen LogP) is 1.78. The molecule has 188 valence electrons. The number of esters is 2. The fourth-order valence-corrected chi connectivity index (χ4v) is 3.54. The van der Waals surface area contributed by atoms with E-state index in [4.69, 9.17) is 25.9 Å². The van der Waals surface area contributed by atoms with Gasteiger partial charge in [-0.1, -0.05) is 35.0 Å². The number of allylic oxidation sites excluding steroid dienone is 3. The van der Waals surface area contributed by atoms with Gasteiger partial charge in [-0.25, -0.2) is 4.79 Å². The van der Waals surface area contributed by atoms with Crippen LogP contribution in [-0.4, -0.2) is 72.3 Å². The number of carbonyl (C=O) groups excluding carboxylic acids is 3. The van der Waals surface area contributed by atoms with Crippen molar-refractivity contribution in [1.29, 1.82) is 0 Å². The van der Waals surface area contributed by atoms with Crippen LogP contribution in [0.2, 0.25) is 5.02 Å². The van der Waals surface area contributed by atoms with Gasteiger partial charge in [0, 0.05) is 18.9 Å². The Bertz CT molecular complexity index is 1080. The second kappa shape index (κ2) is 11.7. The Morgan fingerprint density at radius 1 is 1.29 bits per heavy atom. The summed E-state index contributed by atoms with van der Waals surface area (Å²) < 4.78 is 15.5. The van der Waals surface area contributed by atoms with Crippen LogP contribution >= 0.6 is 11.6 Å². The number of oxime groups is 1. The molecule has 0 unspecified atom stereocenters. The number of carbonyl (C=O) groups is 3. The van der Waals surface area contributed by atoms with Crippen LogP contribution < -0.4 is 5.32 Å². The van der Waals surface area contributed by atoms with Crippen LogP contribution in [0.4, 0.5) is 0 Å². The van der Waals surface area contributed by atoms with Gasteiger partial charge in [-0.2, -0.15) is 0 Å². The molecule has 3 N–H and O–H groups in total. The molecule has 11 nitrogen and oxygen atoms in total. The summed E-state index contributed by atoms with van der Waals surface area (Å²) in [5, 5.41) is 26.6. The minimum absolute atomic E-state index is 0.0603. The highest BCUT2D eigenvalue weighted by Gasteiger charge is 2.38. The lowest BCUT2D eigenvalue weighted by atomic mass is 9.99. The van der Waals surface area contributed by atoms with Gasteiger partial charge in [-0.05, 0) is 18.6 Å². The van der Waals surface area contributed by atoms with E-state index < -0.39 is 42.1 Å². The lowest BCUT2D eigenvalue weighted by Crippen LogP contribution is -2.32. The summed E-state index contributed by atoms with van der Waals surface area (Å²) in [4.78, 5) is 41.0. The number of aromatic hydroxyl groups is 2. The van der Waals surface area contributed by atoms with Crippen molar-refractivity contribution in [2.24, 2.45) is 5.16 Å². The molecule has 2 heterocycles.